The second-order valence-corrected chi connectivity index (χ2v) is 3.72. The molecule has 1 heterocycles. The van der Waals surface area contributed by atoms with Gasteiger partial charge >= 0.3 is 33.3 Å². The molecule has 0 amide bonds. The minimum absolute atomic E-state index is 0.757. The first-order valence-corrected chi connectivity index (χ1v) is 6.00. The van der Waals surface area contributed by atoms with Crippen LogP contribution in [0.1, 0.15) is 0 Å². The Kier molecular flexibility index (Phi) is 8.25. The molecule has 1 rings (SSSR count). The van der Waals surface area contributed by atoms with Gasteiger partial charge in [0.05, 0.1) is 0 Å². The Morgan fingerprint density at radius 2 is 1.92 bits per heavy atom. The van der Waals surface area contributed by atoms with Crippen LogP contribution in [0.2, 0.25) is 0 Å². The molecule has 0 spiro atoms. The predicted octanol–water partition coefficient (Wildman–Crippen LogP) is 2.12. The molecule has 0 aliphatic carbocycles. The fourth-order valence-corrected chi connectivity index (χ4v) is 0.740. The first kappa shape index (κ1) is 12.8. The Balaban J connectivity index is 0.000000424. The molecular weight excluding hydrogens is 259 g/mol. The van der Waals surface area contributed by atoms with Crippen LogP contribution in [0.4, 0.5) is 5.69 Å². The van der Waals surface area contributed by atoms with E-state index in [1.807, 2.05) is 35.2 Å². The average molecular weight is 270 g/mol. The molecule has 0 radical (unpaired) electrons. The summed E-state index contributed by atoms with van der Waals surface area (Å²) in [6.45, 7) is 4.46. The van der Waals surface area contributed by atoms with Crippen LogP contribution >= 0.6 is 20.2 Å². The molecule has 0 aliphatic heterocycles. The molecule has 5 heteroatoms. The van der Waals surface area contributed by atoms with E-state index in [1.54, 1.807) is 0 Å². The van der Waals surface area contributed by atoms with Gasteiger partial charge in [0.15, 0.2) is 18.9 Å². The van der Waals surface area contributed by atoms with Crippen LogP contribution in [0.25, 0.3) is 0 Å². The maximum atomic E-state index is 5.48. The third-order valence-corrected chi connectivity index (χ3v) is 1.26. The molecule has 1 aromatic heterocycles. The van der Waals surface area contributed by atoms with Crippen molar-refractivity contribution >= 4 is 25.9 Å². The number of hydrogen-bond acceptors (Lipinski definition) is 1. The van der Waals surface area contributed by atoms with Crippen molar-refractivity contribution in [2.75, 3.05) is 5.73 Å². The number of nitrogen functional groups attached to an aromatic ring is 1. The summed E-state index contributed by atoms with van der Waals surface area (Å²) in [5.74, 6) is 0. The Hall–Kier alpha value is -0.211. The number of nitrogens with two attached hydrogens (primary N) is 1. The van der Waals surface area contributed by atoms with Gasteiger partial charge in [0, 0.05) is 17.8 Å². The summed E-state index contributed by atoms with van der Waals surface area (Å²) in [5, 5.41) is 0. The summed E-state index contributed by atoms with van der Waals surface area (Å²) in [7, 11) is 9.34. The number of rotatable bonds is 2. The number of anilines is 1. The van der Waals surface area contributed by atoms with E-state index in [0.29, 0.717) is 0 Å². The van der Waals surface area contributed by atoms with Crippen LogP contribution in [-0.4, -0.2) is 0 Å². The molecular formula is C8H11Cl2CuN2. The molecule has 0 fully saturated rings. The molecule has 0 atom stereocenters. The van der Waals surface area contributed by atoms with E-state index in [0.717, 1.165) is 25.4 Å². The Morgan fingerprint density at radius 3 is 2.31 bits per heavy atom. The maximum absolute atomic E-state index is 5.48. The first-order valence-electron chi connectivity index (χ1n) is 3.41. The van der Waals surface area contributed by atoms with Crippen LogP contribution in [0, 0.1) is 0 Å². The van der Waals surface area contributed by atoms with Crippen molar-refractivity contribution < 1.29 is 17.7 Å². The molecule has 2 N–H and O–H groups in total. The number of allylic oxidation sites excluding steroid dienone is 1. The number of halogens is 2. The van der Waals surface area contributed by atoms with Crippen molar-refractivity contribution in [2.24, 2.45) is 0 Å². The Bertz CT molecular complexity index is 238. The van der Waals surface area contributed by atoms with Crippen molar-refractivity contribution in [1.29, 1.82) is 0 Å². The third-order valence-electron chi connectivity index (χ3n) is 1.26. The fraction of sp³-hybridized carbons (Fsp3) is 0.125. The predicted molar refractivity (Wildman–Crippen MR) is 53.0 cm³/mol. The second-order valence-electron chi connectivity index (χ2n) is 2.16. The van der Waals surface area contributed by atoms with Gasteiger partial charge in [-0.15, -0.1) is 0 Å². The molecule has 0 aliphatic rings. The van der Waals surface area contributed by atoms with E-state index < -0.39 is 0 Å². The zero-order chi connectivity index (χ0) is 10.1. The molecule has 1 aromatic rings. The van der Waals surface area contributed by atoms with Crippen LogP contribution < -0.4 is 10.3 Å². The van der Waals surface area contributed by atoms with E-state index in [9.17, 15) is 0 Å². The number of hydrogen-bond donors (Lipinski definition) is 1. The van der Waals surface area contributed by atoms with Gasteiger partial charge in [0.25, 0.3) is 0 Å². The SMILES string of the molecule is C=CC[n+]1ccc(N)cc1.[Cl][Cu-][Cl]. The summed E-state index contributed by atoms with van der Waals surface area (Å²) in [4.78, 5) is 0. The van der Waals surface area contributed by atoms with E-state index in [-0.39, 0.29) is 0 Å². The minimum atomic E-state index is 0.757. The summed E-state index contributed by atoms with van der Waals surface area (Å²) < 4.78 is 2.00. The zero-order valence-electron chi connectivity index (χ0n) is 6.88. The molecule has 0 aromatic carbocycles. The molecule has 0 unspecified atom stereocenters. The van der Waals surface area contributed by atoms with Crippen molar-refractivity contribution in [1.82, 2.24) is 0 Å². The Morgan fingerprint density at radius 1 is 1.46 bits per heavy atom. The molecule has 2 nitrogen and oxygen atoms in total. The van der Waals surface area contributed by atoms with Crippen LogP contribution in [-0.2, 0) is 19.7 Å². The zero-order valence-corrected chi connectivity index (χ0v) is 9.34. The van der Waals surface area contributed by atoms with Gasteiger partial charge in [-0.2, -0.15) is 0 Å². The van der Waals surface area contributed by atoms with Crippen molar-refractivity contribution in [2.45, 2.75) is 6.54 Å². The summed E-state index contributed by atoms with van der Waals surface area (Å²) in [5.41, 5.74) is 6.28. The standard InChI is InChI=1S/C8H10N2.2ClH.Cu/c1-2-5-10-6-3-8(9)4-7-10;;;/h2-4,6-7,9H,1,5H2;2*1H;/q;;;+1/p-1. The normalized spacial score (nSPS) is 8.77. The van der Waals surface area contributed by atoms with E-state index in [4.69, 9.17) is 5.73 Å². The average Bonchev–Trinajstić information content (AvgIpc) is 2.11. The van der Waals surface area contributed by atoms with Gasteiger partial charge in [-0.05, 0) is 6.08 Å². The molecule has 0 bridgehead atoms. The quantitative estimate of drug-likeness (QED) is 0.497. The summed E-state index contributed by atoms with van der Waals surface area (Å²) >= 11 is 0.757. The van der Waals surface area contributed by atoms with E-state index >= 15 is 0 Å². The van der Waals surface area contributed by atoms with Crippen LogP contribution in [0.15, 0.2) is 37.2 Å². The van der Waals surface area contributed by atoms with Crippen molar-refractivity contribution in [3.8, 4) is 0 Å². The van der Waals surface area contributed by atoms with Gasteiger partial charge in [0.2, 0.25) is 0 Å². The molecule has 13 heavy (non-hydrogen) atoms. The van der Waals surface area contributed by atoms with Gasteiger partial charge < -0.3 is 5.73 Å². The first-order chi connectivity index (χ1) is 6.24. The third kappa shape index (κ3) is 6.91. The molecule has 0 saturated carbocycles. The molecule has 0 saturated heterocycles. The van der Waals surface area contributed by atoms with Gasteiger partial charge in [0.1, 0.15) is 0 Å². The van der Waals surface area contributed by atoms with E-state index in [1.165, 1.54) is 0 Å². The number of nitrogens with zero attached hydrogens (tertiary/aromatic N) is 1. The van der Waals surface area contributed by atoms with E-state index in [2.05, 4.69) is 26.8 Å². The fourth-order valence-electron chi connectivity index (χ4n) is 0.740. The molecule has 78 valence electrons. The number of aromatic nitrogens is 1. The summed E-state index contributed by atoms with van der Waals surface area (Å²) in [6, 6.07) is 3.73. The van der Waals surface area contributed by atoms with Crippen LogP contribution in [0.3, 0.4) is 0 Å². The Labute approximate surface area is 93.0 Å². The van der Waals surface area contributed by atoms with Gasteiger partial charge in [-0.25, -0.2) is 4.57 Å². The van der Waals surface area contributed by atoms with Gasteiger partial charge in [-0.1, -0.05) is 6.58 Å². The van der Waals surface area contributed by atoms with Crippen LogP contribution in [0.5, 0.6) is 0 Å². The topological polar surface area (TPSA) is 29.9 Å². The van der Waals surface area contributed by atoms with Crippen molar-refractivity contribution in [3.63, 3.8) is 0 Å². The van der Waals surface area contributed by atoms with Crippen molar-refractivity contribution in [3.05, 3.63) is 37.2 Å². The monoisotopic (exact) mass is 268 g/mol. The summed E-state index contributed by atoms with van der Waals surface area (Å²) in [6.07, 6.45) is 5.70. The second kappa shape index (κ2) is 8.39. The number of pyridine rings is 1. The van der Waals surface area contributed by atoms with Gasteiger partial charge in [-0.3, -0.25) is 0 Å².